The van der Waals surface area contributed by atoms with Crippen LogP contribution in [-0.4, -0.2) is 57.3 Å². The molecule has 0 bridgehead atoms. The molecular weight excluding hydrogens is 268 g/mol. The summed E-state index contributed by atoms with van der Waals surface area (Å²) in [4.78, 5) is 37.2. The Hall–Kier alpha value is -2.35. The van der Waals surface area contributed by atoms with Gasteiger partial charge in [-0.2, -0.15) is 0 Å². The lowest BCUT2D eigenvalue weighted by molar-refractivity contribution is -0.159. The van der Waals surface area contributed by atoms with Gasteiger partial charge in [0.05, 0.1) is 18.7 Å². The number of aromatic nitrogens is 1. The second kappa shape index (κ2) is 4.97. The van der Waals surface area contributed by atoms with Crippen molar-refractivity contribution in [1.82, 2.24) is 9.88 Å². The van der Waals surface area contributed by atoms with Crippen molar-refractivity contribution in [1.29, 1.82) is 0 Å². The van der Waals surface area contributed by atoms with Crippen molar-refractivity contribution in [3.05, 3.63) is 28.0 Å². The number of pyridine rings is 1. The molecule has 1 aliphatic heterocycles. The predicted molar refractivity (Wildman–Crippen MR) is 66.6 cm³/mol. The number of nitrogens with zero attached hydrogens (tertiary/aromatic N) is 1. The third-order valence-corrected chi connectivity index (χ3v) is 2.96. The number of hydrogen-bond acceptors (Lipinski definition) is 5. The van der Waals surface area contributed by atoms with Gasteiger partial charge in [-0.3, -0.25) is 14.6 Å². The fourth-order valence-corrected chi connectivity index (χ4v) is 2.07. The highest BCUT2D eigenvalue weighted by atomic mass is 16.5. The topological polar surface area (TPSA) is 120 Å². The lowest BCUT2D eigenvalue weighted by atomic mass is 9.95. The summed E-state index contributed by atoms with van der Waals surface area (Å²) in [6.45, 7) is 1.73. The number of aromatic amines is 1. The monoisotopic (exact) mass is 282 g/mol. The van der Waals surface area contributed by atoms with Gasteiger partial charge in [0, 0.05) is 12.1 Å². The number of rotatable bonds is 4. The van der Waals surface area contributed by atoms with Crippen LogP contribution in [-0.2, 0) is 9.53 Å². The third kappa shape index (κ3) is 2.97. The zero-order valence-electron chi connectivity index (χ0n) is 10.8. The summed E-state index contributed by atoms with van der Waals surface area (Å²) in [6.07, 6.45) is 0. The molecule has 2 rings (SSSR count). The van der Waals surface area contributed by atoms with Crippen LogP contribution < -0.4 is 5.56 Å². The van der Waals surface area contributed by atoms with E-state index in [9.17, 15) is 19.5 Å². The standard InChI is InChI=1S/C12H14N2O6/c1-12(20-4-10(17)18)5-14(6-12)11(19)7-2-8(15)13-9(16)3-7/h2-3H,4-6H2,1H3,(H,17,18)(H2,13,15,16). The fourth-order valence-electron chi connectivity index (χ4n) is 2.07. The van der Waals surface area contributed by atoms with Crippen LogP contribution >= 0.6 is 0 Å². The Bertz CT molecular complexity index is 602. The van der Waals surface area contributed by atoms with Crippen LogP contribution in [0.3, 0.4) is 0 Å². The molecule has 0 spiro atoms. The summed E-state index contributed by atoms with van der Waals surface area (Å²) in [6, 6.07) is 2.26. The fraction of sp³-hybridized carbons (Fsp3) is 0.417. The maximum absolute atomic E-state index is 12.0. The van der Waals surface area contributed by atoms with Crippen molar-refractivity contribution in [2.75, 3.05) is 19.7 Å². The van der Waals surface area contributed by atoms with Gasteiger partial charge in [0.25, 0.3) is 11.5 Å². The molecule has 1 aromatic heterocycles. The minimum absolute atomic E-state index is 0.0755. The van der Waals surface area contributed by atoms with E-state index < -0.39 is 29.6 Å². The van der Waals surface area contributed by atoms with Crippen molar-refractivity contribution < 1.29 is 24.5 Å². The Morgan fingerprint density at radius 2 is 2.10 bits per heavy atom. The van der Waals surface area contributed by atoms with Gasteiger partial charge >= 0.3 is 5.97 Å². The maximum atomic E-state index is 12.0. The number of ether oxygens (including phenoxy) is 1. The molecule has 1 aromatic rings. The largest absolute Gasteiger partial charge is 0.494 e. The number of carboxylic acids is 1. The van der Waals surface area contributed by atoms with Crippen LogP contribution in [0.2, 0.25) is 0 Å². The number of carbonyl (C=O) groups is 2. The highest BCUT2D eigenvalue weighted by Gasteiger charge is 2.43. The first-order valence-corrected chi connectivity index (χ1v) is 5.87. The summed E-state index contributed by atoms with van der Waals surface area (Å²) >= 11 is 0. The van der Waals surface area contributed by atoms with E-state index >= 15 is 0 Å². The zero-order valence-corrected chi connectivity index (χ0v) is 10.8. The van der Waals surface area contributed by atoms with Crippen LogP contribution in [0.5, 0.6) is 5.88 Å². The predicted octanol–water partition coefficient (Wildman–Crippen LogP) is -0.604. The molecule has 1 fully saturated rings. The molecule has 1 saturated heterocycles. The molecule has 0 unspecified atom stereocenters. The summed E-state index contributed by atoms with van der Waals surface area (Å²) in [5.41, 5.74) is -1.19. The second-order valence-corrected chi connectivity index (χ2v) is 4.91. The molecule has 0 radical (unpaired) electrons. The Kier molecular flexibility index (Phi) is 3.49. The smallest absolute Gasteiger partial charge is 0.329 e. The van der Waals surface area contributed by atoms with Gasteiger partial charge in [-0.1, -0.05) is 0 Å². The Balaban J connectivity index is 2.00. The highest BCUT2D eigenvalue weighted by Crippen LogP contribution is 2.26. The first kappa shape index (κ1) is 14.1. The van der Waals surface area contributed by atoms with Gasteiger partial charge in [0.15, 0.2) is 5.88 Å². The molecule has 108 valence electrons. The maximum Gasteiger partial charge on any atom is 0.329 e. The van der Waals surface area contributed by atoms with E-state index in [0.29, 0.717) is 0 Å². The number of aromatic hydroxyl groups is 1. The minimum atomic E-state index is -1.07. The lowest BCUT2D eigenvalue weighted by Crippen LogP contribution is -2.63. The normalized spacial score (nSPS) is 16.6. The van der Waals surface area contributed by atoms with Crippen molar-refractivity contribution in [2.24, 2.45) is 0 Å². The molecule has 20 heavy (non-hydrogen) atoms. The van der Waals surface area contributed by atoms with Gasteiger partial charge in [0.2, 0.25) is 0 Å². The number of likely N-dealkylation sites (tertiary alicyclic amines) is 1. The van der Waals surface area contributed by atoms with Crippen molar-refractivity contribution >= 4 is 11.9 Å². The summed E-state index contributed by atoms with van der Waals surface area (Å²) in [7, 11) is 0. The van der Waals surface area contributed by atoms with E-state index in [1.165, 1.54) is 4.90 Å². The van der Waals surface area contributed by atoms with Crippen LogP contribution in [0, 0.1) is 0 Å². The van der Waals surface area contributed by atoms with Crippen LogP contribution in [0.4, 0.5) is 0 Å². The van der Waals surface area contributed by atoms with Crippen molar-refractivity contribution in [3.8, 4) is 5.88 Å². The average molecular weight is 282 g/mol. The molecule has 3 N–H and O–H groups in total. The molecule has 2 heterocycles. The van der Waals surface area contributed by atoms with E-state index in [1.54, 1.807) is 6.92 Å². The van der Waals surface area contributed by atoms with Crippen LogP contribution in [0.15, 0.2) is 16.9 Å². The minimum Gasteiger partial charge on any atom is -0.494 e. The molecule has 0 saturated carbocycles. The van der Waals surface area contributed by atoms with Crippen LogP contribution in [0.25, 0.3) is 0 Å². The summed E-state index contributed by atoms with van der Waals surface area (Å²) in [5.74, 6) is -1.87. The summed E-state index contributed by atoms with van der Waals surface area (Å²) < 4.78 is 5.18. The van der Waals surface area contributed by atoms with Gasteiger partial charge in [-0.05, 0) is 6.92 Å². The Morgan fingerprint density at radius 3 is 2.65 bits per heavy atom. The number of H-pyrrole nitrogens is 1. The first-order chi connectivity index (χ1) is 9.29. The molecule has 1 amide bonds. The van der Waals surface area contributed by atoms with E-state index in [-0.39, 0.29) is 24.5 Å². The third-order valence-electron chi connectivity index (χ3n) is 2.96. The Morgan fingerprint density at radius 1 is 1.45 bits per heavy atom. The van der Waals surface area contributed by atoms with Crippen molar-refractivity contribution in [2.45, 2.75) is 12.5 Å². The Labute approximate surface area is 113 Å². The van der Waals surface area contributed by atoms with Gasteiger partial charge in [-0.15, -0.1) is 0 Å². The molecule has 8 nitrogen and oxygen atoms in total. The first-order valence-electron chi connectivity index (χ1n) is 5.87. The quantitative estimate of drug-likeness (QED) is 0.678. The van der Waals surface area contributed by atoms with E-state index in [4.69, 9.17) is 9.84 Å². The number of carboxylic acid groups (broad SMARTS) is 1. The molecule has 0 aliphatic carbocycles. The molecule has 0 atom stereocenters. The molecule has 1 aliphatic rings. The second-order valence-electron chi connectivity index (χ2n) is 4.91. The number of hydrogen-bond donors (Lipinski definition) is 3. The van der Waals surface area contributed by atoms with Crippen LogP contribution in [0.1, 0.15) is 17.3 Å². The number of nitrogens with one attached hydrogen (secondary N) is 1. The average Bonchev–Trinajstić information content (AvgIpc) is 2.31. The van der Waals surface area contributed by atoms with Gasteiger partial charge < -0.3 is 19.8 Å². The summed E-state index contributed by atoms with van der Waals surface area (Å²) in [5, 5.41) is 17.8. The van der Waals surface area contributed by atoms with E-state index in [2.05, 4.69) is 4.98 Å². The lowest BCUT2D eigenvalue weighted by Gasteiger charge is -2.47. The molecule has 8 heteroatoms. The number of aliphatic carboxylic acids is 1. The highest BCUT2D eigenvalue weighted by molar-refractivity contribution is 5.95. The van der Waals surface area contributed by atoms with E-state index in [1.807, 2.05) is 0 Å². The van der Waals surface area contributed by atoms with Crippen molar-refractivity contribution in [3.63, 3.8) is 0 Å². The zero-order chi connectivity index (χ0) is 14.9. The van der Waals surface area contributed by atoms with E-state index in [0.717, 1.165) is 12.1 Å². The number of amides is 1. The number of carbonyl (C=O) groups excluding carboxylic acids is 1. The molecule has 0 aromatic carbocycles. The van der Waals surface area contributed by atoms with Gasteiger partial charge in [-0.25, -0.2) is 4.79 Å². The van der Waals surface area contributed by atoms with Gasteiger partial charge in [0.1, 0.15) is 12.2 Å². The SMILES string of the molecule is CC1(OCC(=O)O)CN(C(=O)c2cc(O)[nH]c(=O)c2)C1. The molecular formula is C12H14N2O6.